The summed E-state index contributed by atoms with van der Waals surface area (Å²) in [5, 5.41) is 11.1. The Morgan fingerprint density at radius 1 is 1.26 bits per heavy atom. The maximum absolute atomic E-state index is 12.9. The lowest BCUT2D eigenvalue weighted by atomic mass is 10.0. The Balaban J connectivity index is 1.43. The second-order valence-electron chi connectivity index (χ2n) is 7.49. The molecule has 2 saturated heterocycles. The molecule has 0 aromatic carbocycles. The van der Waals surface area contributed by atoms with Crippen molar-refractivity contribution in [1.29, 1.82) is 0 Å². The molecule has 0 bridgehead atoms. The number of ether oxygens (including phenoxy) is 1. The van der Waals surface area contributed by atoms with Crippen LogP contribution >= 0.6 is 0 Å². The highest BCUT2D eigenvalue weighted by atomic mass is 16.5. The SMILES string of the molecule is O=C(c1ccc(Cn2ccnc2)o1)N1CCOC[C@](O)(CN2CCCC2)C1. The Hall–Kier alpha value is -2.16. The van der Waals surface area contributed by atoms with Gasteiger partial charge in [0.15, 0.2) is 5.76 Å². The van der Waals surface area contributed by atoms with Gasteiger partial charge >= 0.3 is 0 Å². The molecular formula is C19H26N4O4. The van der Waals surface area contributed by atoms with Gasteiger partial charge in [0, 0.05) is 25.5 Å². The number of carbonyl (C=O) groups is 1. The van der Waals surface area contributed by atoms with Crippen molar-refractivity contribution < 1.29 is 19.1 Å². The molecule has 2 aliphatic rings. The van der Waals surface area contributed by atoms with Crippen LogP contribution in [0, 0.1) is 0 Å². The Morgan fingerprint density at radius 3 is 2.89 bits per heavy atom. The fraction of sp³-hybridized carbons (Fsp3) is 0.579. The molecule has 0 aliphatic carbocycles. The fourth-order valence-electron chi connectivity index (χ4n) is 3.84. The van der Waals surface area contributed by atoms with Gasteiger partial charge in [0.2, 0.25) is 0 Å². The molecule has 2 aromatic heterocycles. The number of carbonyl (C=O) groups excluding carboxylic acids is 1. The van der Waals surface area contributed by atoms with E-state index in [2.05, 4.69) is 9.88 Å². The predicted molar refractivity (Wildman–Crippen MR) is 97.4 cm³/mol. The first kappa shape index (κ1) is 18.2. The van der Waals surface area contributed by atoms with Gasteiger partial charge in [-0.05, 0) is 38.1 Å². The molecule has 0 unspecified atom stereocenters. The van der Waals surface area contributed by atoms with E-state index in [4.69, 9.17) is 9.15 Å². The first-order chi connectivity index (χ1) is 13.1. The Morgan fingerprint density at radius 2 is 2.11 bits per heavy atom. The average molecular weight is 374 g/mol. The summed E-state index contributed by atoms with van der Waals surface area (Å²) in [6.45, 7) is 4.39. The third-order valence-electron chi connectivity index (χ3n) is 5.14. The number of hydrogen-bond acceptors (Lipinski definition) is 6. The molecule has 27 heavy (non-hydrogen) atoms. The van der Waals surface area contributed by atoms with Crippen LogP contribution in [0.15, 0.2) is 35.3 Å². The first-order valence-corrected chi connectivity index (χ1v) is 9.48. The molecule has 1 atom stereocenters. The van der Waals surface area contributed by atoms with Crippen LogP contribution in [0.1, 0.15) is 29.2 Å². The van der Waals surface area contributed by atoms with Crippen molar-refractivity contribution in [2.24, 2.45) is 0 Å². The molecule has 4 heterocycles. The quantitative estimate of drug-likeness (QED) is 0.834. The summed E-state index contributed by atoms with van der Waals surface area (Å²) in [5.41, 5.74) is -1.05. The fourth-order valence-corrected chi connectivity index (χ4v) is 3.84. The molecule has 2 fully saturated rings. The van der Waals surface area contributed by atoms with Gasteiger partial charge in [-0.15, -0.1) is 0 Å². The van der Waals surface area contributed by atoms with E-state index < -0.39 is 5.60 Å². The van der Waals surface area contributed by atoms with Crippen molar-refractivity contribution in [2.75, 3.05) is 45.9 Å². The minimum atomic E-state index is -1.05. The molecule has 0 spiro atoms. The van der Waals surface area contributed by atoms with Crippen LogP contribution in [-0.4, -0.2) is 81.9 Å². The molecule has 2 aliphatic heterocycles. The van der Waals surface area contributed by atoms with Crippen molar-refractivity contribution in [2.45, 2.75) is 25.0 Å². The molecular weight excluding hydrogens is 348 g/mol. The van der Waals surface area contributed by atoms with E-state index >= 15 is 0 Å². The second-order valence-corrected chi connectivity index (χ2v) is 7.49. The van der Waals surface area contributed by atoms with E-state index in [1.165, 1.54) is 0 Å². The van der Waals surface area contributed by atoms with E-state index in [9.17, 15) is 9.90 Å². The molecule has 0 saturated carbocycles. The number of furan rings is 1. The van der Waals surface area contributed by atoms with Crippen molar-refractivity contribution in [1.82, 2.24) is 19.4 Å². The Labute approximate surface area is 158 Å². The number of rotatable bonds is 5. The minimum Gasteiger partial charge on any atom is -0.454 e. The molecule has 1 amide bonds. The van der Waals surface area contributed by atoms with Gasteiger partial charge in [0.1, 0.15) is 11.4 Å². The summed E-state index contributed by atoms with van der Waals surface area (Å²) in [6, 6.07) is 3.50. The standard InChI is InChI=1S/C19H26N4O4/c24-18(17-4-3-16(27-17)11-22-8-5-20-15-22)23-9-10-26-14-19(25,13-23)12-21-6-1-2-7-21/h3-5,8,15,25H,1-2,6-7,9-14H2/t19-/m0/s1. The number of aromatic nitrogens is 2. The van der Waals surface area contributed by atoms with Crippen LogP contribution in [-0.2, 0) is 11.3 Å². The number of likely N-dealkylation sites (tertiary alicyclic amines) is 1. The third kappa shape index (κ3) is 4.40. The number of imidazole rings is 1. The van der Waals surface area contributed by atoms with Crippen LogP contribution in [0.5, 0.6) is 0 Å². The number of aliphatic hydroxyl groups is 1. The van der Waals surface area contributed by atoms with E-state index in [-0.39, 0.29) is 24.8 Å². The summed E-state index contributed by atoms with van der Waals surface area (Å²) < 4.78 is 13.2. The van der Waals surface area contributed by atoms with Gasteiger partial charge < -0.3 is 28.6 Å². The van der Waals surface area contributed by atoms with Crippen LogP contribution in [0.25, 0.3) is 0 Å². The summed E-state index contributed by atoms with van der Waals surface area (Å²) in [6.07, 6.45) is 7.56. The molecule has 0 radical (unpaired) electrons. The molecule has 8 nitrogen and oxygen atoms in total. The molecule has 1 N–H and O–H groups in total. The highest BCUT2D eigenvalue weighted by molar-refractivity contribution is 5.91. The Bertz CT molecular complexity index is 754. The summed E-state index contributed by atoms with van der Waals surface area (Å²) in [4.78, 5) is 20.8. The maximum Gasteiger partial charge on any atom is 0.289 e. The Kier molecular flexibility index (Phi) is 5.29. The monoisotopic (exact) mass is 374 g/mol. The highest BCUT2D eigenvalue weighted by Gasteiger charge is 2.37. The third-order valence-corrected chi connectivity index (χ3v) is 5.14. The molecule has 4 rings (SSSR count). The van der Waals surface area contributed by atoms with Crippen molar-refractivity contribution in [3.63, 3.8) is 0 Å². The predicted octanol–water partition coefficient (Wildman–Crippen LogP) is 0.824. The first-order valence-electron chi connectivity index (χ1n) is 9.48. The minimum absolute atomic E-state index is 0.211. The smallest absolute Gasteiger partial charge is 0.289 e. The number of nitrogens with zero attached hydrogens (tertiary/aromatic N) is 4. The average Bonchev–Trinajstić information content (AvgIpc) is 3.39. The zero-order valence-electron chi connectivity index (χ0n) is 15.4. The lowest BCUT2D eigenvalue weighted by molar-refractivity contribution is -0.0525. The lowest BCUT2D eigenvalue weighted by Crippen LogP contribution is -2.52. The second kappa shape index (κ2) is 7.84. The molecule has 146 valence electrons. The van der Waals surface area contributed by atoms with E-state index in [0.29, 0.717) is 32.0 Å². The van der Waals surface area contributed by atoms with Gasteiger partial charge in [0.25, 0.3) is 5.91 Å². The normalized spacial score (nSPS) is 24.3. The maximum atomic E-state index is 12.9. The van der Waals surface area contributed by atoms with E-state index in [1.54, 1.807) is 29.6 Å². The van der Waals surface area contributed by atoms with Gasteiger partial charge in [0.05, 0.1) is 32.6 Å². The van der Waals surface area contributed by atoms with E-state index in [1.807, 2.05) is 10.8 Å². The van der Waals surface area contributed by atoms with Crippen LogP contribution < -0.4 is 0 Å². The van der Waals surface area contributed by atoms with Crippen molar-refractivity contribution >= 4 is 5.91 Å². The van der Waals surface area contributed by atoms with Crippen LogP contribution in [0.4, 0.5) is 0 Å². The summed E-state index contributed by atoms with van der Waals surface area (Å²) >= 11 is 0. The van der Waals surface area contributed by atoms with Crippen molar-refractivity contribution in [3.8, 4) is 0 Å². The highest BCUT2D eigenvalue weighted by Crippen LogP contribution is 2.20. The van der Waals surface area contributed by atoms with Crippen LogP contribution in [0.2, 0.25) is 0 Å². The number of amides is 1. The largest absolute Gasteiger partial charge is 0.454 e. The zero-order chi connectivity index (χ0) is 18.7. The molecule has 2 aromatic rings. The van der Waals surface area contributed by atoms with Crippen molar-refractivity contribution in [3.05, 3.63) is 42.4 Å². The summed E-state index contributed by atoms with van der Waals surface area (Å²) in [7, 11) is 0. The van der Waals surface area contributed by atoms with Gasteiger partial charge in [-0.1, -0.05) is 0 Å². The van der Waals surface area contributed by atoms with E-state index in [0.717, 1.165) is 25.9 Å². The number of hydrogen-bond donors (Lipinski definition) is 1. The molecule has 8 heteroatoms. The lowest BCUT2D eigenvalue weighted by Gasteiger charge is -2.33. The van der Waals surface area contributed by atoms with Gasteiger partial charge in [-0.25, -0.2) is 4.98 Å². The zero-order valence-corrected chi connectivity index (χ0v) is 15.4. The van der Waals surface area contributed by atoms with Gasteiger partial charge in [-0.3, -0.25) is 4.79 Å². The van der Waals surface area contributed by atoms with Gasteiger partial charge in [-0.2, -0.15) is 0 Å². The summed E-state index contributed by atoms with van der Waals surface area (Å²) in [5.74, 6) is 0.766. The van der Waals surface area contributed by atoms with Crippen LogP contribution in [0.3, 0.4) is 0 Å². The number of β-amino-alcohol motifs (C(OH)–C–C–N with tert-alkyl or cyclic N) is 1. The topological polar surface area (TPSA) is 84.0 Å².